The Balaban J connectivity index is 2.70. The maximum atomic E-state index is 10.9. The van der Waals surface area contributed by atoms with E-state index in [9.17, 15) is 10.1 Å². The van der Waals surface area contributed by atoms with Crippen molar-refractivity contribution in [3.05, 3.63) is 16.4 Å². The molecule has 0 aliphatic heterocycles. The van der Waals surface area contributed by atoms with Crippen molar-refractivity contribution in [3.63, 3.8) is 0 Å². The molecule has 0 aliphatic carbocycles. The first-order valence-electron chi connectivity index (χ1n) is 5.58. The third kappa shape index (κ3) is 4.64. The van der Waals surface area contributed by atoms with Crippen LogP contribution in [-0.2, 0) is 4.74 Å². The Hall–Kier alpha value is -2.00. The molecule has 19 heavy (non-hydrogen) atoms. The molecule has 9 nitrogen and oxygen atoms in total. The second-order valence-corrected chi connectivity index (χ2v) is 4.59. The van der Waals surface area contributed by atoms with Crippen molar-refractivity contribution in [2.24, 2.45) is 5.84 Å². The lowest BCUT2D eigenvalue weighted by molar-refractivity contribution is -0.385. The van der Waals surface area contributed by atoms with Gasteiger partial charge in [-0.2, -0.15) is 4.98 Å². The molecule has 0 fully saturated rings. The van der Waals surface area contributed by atoms with Crippen LogP contribution in [-0.4, -0.2) is 33.7 Å². The zero-order valence-electron chi connectivity index (χ0n) is 11.0. The number of hydrazine groups is 1. The molecule has 0 saturated heterocycles. The van der Waals surface area contributed by atoms with E-state index in [4.69, 9.17) is 15.3 Å². The highest BCUT2D eigenvalue weighted by Gasteiger charge is 2.24. The number of ether oxygens (including phenoxy) is 2. The van der Waals surface area contributed by atoms with Gasteiger partial charge in [0.25, 0.3) is 5.88 Å². The number of nitrogens with one attached hydrogen (secondary N) is 1. The molecule has 0 aliphatic rings. The third-order valence-corrected chi connectivity index (χ3v) is 1.97. The minimum atomic E-state index is -0.658. The molecule has 0 radical (unpaired) electrons. The summed E-state index contributed by atoms with van der Waals surface area (Å²) in [7, 11) is 0. The molecule has 1 aromatic heterocycles. The summed E-state index contributed by atoms with van der Waals surface area (Å²) in [6.07, 6.45) is 1.13. The third-order valence-electron chi connectivity index (χ3n) is 1.97. The van der Waals surface area contributed by atoms with E-state index in [0.717, 1.165) is 6.33 Å². The van der Waals surface area contributed by atoms with Crippen LogP contribution < -0.4 is 16.0 Å². The van der Waals surface area contributed by atoms with Crippen molar-refractivity contribution < 1.29 is 14.4 Å². The molecule has 9 heteroatoms. The largest absolute Gasteiger partial charge is 0.470 e. The van der Waals surface area contributed by atoms with E-state index in [1.807, 2.05) is 20.8 Å². The quantitative estimate of drug-likeness (QED) is 0.338. The predicted molar refractivity (Wildman–Crippen MR) is 67.7 cm³/mol. The Bertz CT molecular complexity index is 446. The molecule has 0 aromatic carbocycles. The van der Waals surface area contributed by atoms with Crippen molar-refractivity contribution in [2.75, 3.05) is 18.6 Å². The monoisotopic (exact) mass is 271 g/mol. The summed E-state index contributed by atoms with van der Waals surface area (Å²) < 4.78 is 10.7. The summed E-state index contributed by atoms with van der Waals surface area (Å²) in [4.78, 5) is 17.6. The van der Waals surface area contributed by atoms with Gasteiger partial charge in [-0.15, -0.1) is 0 Å². The van der Waals surface area contributed by atoms with Crippen molar-refractivity contribution >= 4 is 11.5 Å². The number of hydrogen-bond acceptors (Lipinski definition) is 8. The van der Waals surface area contributed by atoms with Gasteiger partial charge in [0.2, 0.25) is 5.82 Å². The lowest BCUT2D eigenvalue weighted by atomic mass is 10.2. The SMILES string of the molecule is CC(C)(C)OCCOc1ncnc(NN)c1[N+](=O)[O-]. The molecule has 0 bridgehead atoms. The Morgan fingerprint density at radius 1 is 1.42 bits per heavy atom. The molecule has 0 spiro atoms. The molecule has 1 rings (SSSR count). The summed E-state index contributed by atoms with van der Waals surface area (Å²) in [5.41, 5.74) is 1.43. The van der Waals surface area contributed by atoms with E-state index < -0.39 is 10.6 Å². The number of nitro groups is 1. The van der Waals surface area contributed by atoms with Crippen LogP contribution in [0.1, 0.15) is 20.8 Å². The zero-order chi connectivity index (χ0) is 14.5. The van der Waals surface area contributed by atoms with Crippen LogP contribution in [0.5, 0.6) is 5.88 Å². The van der Waals surface area contributed by atoms with Crippen LogP contribution in [0.2, 0.25) is 0 Å². The van der Waals surface area contributed by atoms with Gasteiger partial charge in [-0.3, -0.25) is 10.1 Å². The normalized spacial score (nSPS) is 11.2. The number of anilines is 1. The number of aromatic nitrogens is 2. The fourth-order valence-electron chi connectivity index (χ4n) is 1.22. The van der Waals surface area contributed by atoms with Crippen molar-refractivity contribution in [1.82, 2.24) is 9.97 Å². The molecule has 1 aromatic rings. The van der Waals surface area contributed by atoms with Gasteiger partial charge in [0, 0.05) is 0 Å². The molecule has 1 heterocycles. The highest BCUT2D eigenvalue weighted by atomic mass is 16.6. The smallest absolute Gasteiger partial charge is 0.374 e. The van der Waals surface area contributed by atoms with E-state index in [1.165, 1.54) is 0 Å². The number of hydrogen-bond donors (Lipinski definition) is 2. The highest BCUT2D eigenvalue weighted by Crippen LogP contribution is 2.29. The summed E-state index contributed by atoms with van der Waals surface area (Å²) in [6.45, 7) is 6.12. The number of nitrogens with two attached hydrogens (primary N) is 1. The van der Waals surface area contributed by atoms with Crippen LogP contribution in [0.25, 0.3) is 0 Å². The summed E-state index contributed by atoms with van der Waals surface area (Å²) in [5.74, 6) is 4.89. The Kier molecular flexibility index (Phi) is 4.95. The van der Waals surface area contributed by atoms with Gasteiger partial charge in [-0.05, 0) is 20.8 Å². The topological polar surface area (TPSA) is 125 Å². The maximum Gasteiger partial charge on any atom is 0.374 e. The molecule has 106 valence electrons. The van der Waals surface area contributed by atoms with Gasteiger partial charge in [-0.1, -0.05) is 0 Å². The fraction of sp³-hybridized carbons (Fsp3) is 0.600. The lowest BCUT2D eigenvalue weighted by Gasteiger charge is -2.19. The van der Waals surface area contributed by atoms with Gasteiger partial charge in [0.1, 0.15) is 12.9 Å². The second kappa shape index (κ2) is 6.25. The average molecular weight is 271 g/mol. The molecule has 3 N–H and O–H groups in total. The first-order chi connectivity index (χ1) is 8.85. The number of nitrogens with zero attached hydrogens (tertiary/aromatic N) is 3. The molecule has 0 atom stereocenters. The summed E-state index contributed by atoms with van der Waals surface area (Å²) in [6, 6.07) is 0. The highest BCUT2D eigenvalue weighted by molar-refractivity contribution is 5.60. The van der Waals surface area contributed by atoms with Gasteiger partial charge >= 0.3 is 5.69 Å². The Labute approximate surface area is 110 Å². The summed E-state index contributed by atoms with van der Waals surface area (Å²) in [5, 5.41) is 10.9. The van der Waals surface area contributed by atoms with E-state index in [0.29, 0.717) is 0 Å². The number of rotatable bonds is 6. The average Bonchev–Trinajstić information content (AvgIpc) is 2.32. The van der Waals surface area contributed by atoms with E-state index >= 15 is 0 Å². The van der Waals surface area contributed by atoms with Crippen LogP contribution in [0, 0.1) is 10.1 Å². The van der Waals surface area contributed by atoms with Gasteiger partial charge in [-0.25, -0.2) is 10.8 Å². The standard InChI is InChI=1S/C10H17N5O4/c1-10(2,3)19-5-4-18-9-7(15(16)17)8(14-11)12-6-13-9/h6H,4-5,11H2,1-3H3,(H,12,13,14). The van der Waals surface area contributed by atoms with Crippen LogP contribution in [0.3, 0.4) is 0 Å². The summed E-state index contributed by atoms with van der Waals surface area (Å²) >= 11 is 0. The van der Waals surface area contributed by atoms with Gasteiger partial charge in [0.15, 0.2) is 0 Å². The Morgan fingerprint density at radius 2 is 2.11 bits per heavy atom. The van der Waals surface area contributed by atoms with Crippen molar-refractivity contribution in [2.45, 2.75) is 26.4 Å². The lowest BCUT2D eigenvalue weighted by Crippen LogP contribution is -2.23. The van der Waals surface area contributed by atoms with Crippen molar-refractivity contribution in [1.29, 1.82) is 0 Å². The molecular formula is C10H17N5O4. The van der Waals surface area contributed by atoms with Gasteiger partial charge < -0.3 is 14.9 Å². The first kappa shape index (κ1) is 15.1. The van der Waals surface area contributed by atoms with Crippen LogP contribution in [0.15, 0.2) is 6.33 Å². The second-order valence-electron chi connectivity index (χ2n) is 4.59. The molecule has 0 amide bonds. The van der Waals surface area contributed by atoms with E-state index in [-0.39, 0.29) is 30.5 Å². The van der Waals surface area contributed by atoms with E-state index in [2.05, 4.69) is 15.4 Å². The zero-order valence-corrected chi connectivity index (χ0v) is 11.0. The minimum Gasteiger partial charge on any atom is -0.470 e. The van der Waals surface area contributed by atoms with Crippen LogP contribution >= 0.6 is 0 Å². The maximum absolute atomic E-state index is 10.9. The van der Waals surface area contributed by atoms with Crippen molar-refractivity contribution in [3.8, 4) is 5.88 Å². The molecule has 0 saturated carbocycles. The van der Waals surface area contributed by atoms with E-state index in [1.54, 1.807) is 0 Å². The molecule has 0 unspecified atom stereocenters. The minimum absolute atomic E-state index is 0.105. The van der Waals surface area contributed by atoms with Gasteiger partial charge in [0.05, 0.1) is 17.1 Å². The Morgan fingerprint density at radius 3 is 2.63 bits per heavy atom. The number of nitrogen functional groups attached to an aromatic ring is 1. The first-order valence-corrected chi connectivity index (χ1v) is 5.58. The molecular weight excluding hydrogens is 254 g/mol. The van der Waals surface area contributed by atoms with Crippen LogP contribution in [0.4, 0.5) is 11.5 Å². The predicted octanol–water partition coefficient (Wildman–Crippen LogP) is 0.864. The fourth-order valence-corrected chi connectivity index (χ4v) is 1.22.